The van der Waals surface area contributed by atoms with E-state index in [1.807, 2.05) is 6.92 Å². The van der Waals surface area contributed by atoms with Gasteiger partial charge in [-0.1, -0.05) is 3.89 Å². The number of nitrogens with zero attached hydrogens (tertiary/aromatic N) is 2. The third-order valence-electron chi connectivity index (χ3n) is 2.53. The molecule has 1 aromatic heterocycles. The van der Waals surface area contributed by atoms with Crippen molar-refractivity contribution in [2.24, 2.45) is 0 Å². The van der Waals surface area contributed by atoms with E-state index >= 15 is 0 Å². The fourth-order valence-corrected chi connectivity index (χ4v) is 2.24. The molecule has 1 aromatic rings. The molecule has 0 amide bonds. The minimum absolute atomic E-state index is 0.210. The molecule has 6 heteroatoms. The van der Waals surface area contributed by atoms with Gasteiger partial charge in [-0.2, -0.15) is 8.42 Å². The predicted octanol–water partition coefficient (Wildman–Crippen LogP) is 1.44. The topological polar surface area (TPSA) is 52.0 Å². The number of halogens is 1. The molecule has 0 aliphatic carbocycles. The van der Waals surface area contributed by atoms with Gasteiger partial charge in [-0.25, -0.2) is 4.98 Å². The molecule has 0 bridgehead atoms. The van der Waals surface area contributed by atoms with Crippen molar-refractivity contribution in [2.75, 3.05) is 0 Å². The smallest absolute Gasteiger partial charge is 0.331 e. The second kappa shape index (κ2) is 3.05. The Balaban J connectivity index is 2.50. The van der Waals surface area contributed by atoms with Crippen molar-refractivity contribution in [3.63, 3.8) is 0 Å². The third kappa shape index (κ3) is 1.54. The Morgan fingerprint density at radius 3 is 2.93 bits per heavy atom. The van der Waals surface area contributed by atoms with Gasteiger partial charge in [-0.15, -0.1) is 0 Å². The van der Waals surface area contributed by atoms with Gasteiger partial charge in [0, 0.05) is 18.7 Å². The van der Waals surface area contributed by atoms with Gasteiger partial charge in [-0.3, -0.25) is 0 Å². The van der Waals surface area contributed by atoms with E-state index in [9.17, 15) is 12.3 Å². The molecule has 0 N–H and O–H groups in total. The van der Waals surface area contributed by atoms with Crippen LogP contribution in [0, 0.1) is 0 Å². The monoisotopic (exact) mass is 218 g/mol. The molecule has 78 valence electrons. The largest absolute Gasteiger partial charge is 0.351 e. The summed E-state index contributed by atoms with van der Waals surface area (Å²) < 4.78 is 35.6. The van der Waals surface area contributed by atoms with Crippen LogP contribution in [0.3, 0.4) is 0 Å². The van der Waals surface area contributed by atoms with Gasteiger partial charge in [-0.05, 0) is 19.8 Å². The summed E-state index contributed by atoms with van der Waals surface area (Å²) in [6.45, 7) is 1.97. The summed E-state index contributed by atoms with van der Waals surface area (Å²) in [5.41, 5.74) is 0. The van der Waals surface area contributed by atoms with Gasteiger partial charge in [0.05, 0.1) is 0 Å². The molecule has 0 saturated heterocycles. The number of fused-ring (bicyclic) bond motifs is 1. The van der Waals surface area contributed by atoms with Crippen LogP contribution in [0.25, 0.3) is 0 Å². The first kappa shape index (κ1) is 9.64. The lowest BCUT2D eigenvalue weighted by molar-refractivity contribution is 0.425. The zero-order chi connectivity index (χ0) is 10.3. The summed E-state index contributed by atoms with van der Waals surface area (Å²) in [5, 5.41) is -0.457. The predicted molar refractivity (Wildman–Crippen MR) is 48.2 cm³/mol. The standard InChI is InChI=1S/C8H11FN2O2S/c1-6-3-2-4-7-10-8(5-11(6)7)14(9,12)13/h5-6H,2-4H2,1H3. The number of hydrogen-bond donors (Lipinski definition) is 0. The van der Waals surface area contributed by atoms with Gasteiger partial charge >= 0.3 is 10.2 Å². The maximum absolute atomic E-state index is 12.6. The van der Waals surface area contributed by atoms with E-state index < -0.39 is 15.2 Å². The van der Waals surface area contributed by atoms with Crippen LogP contribution >= 0.6 is 0 Å². The van der Waals surface area contributed by atoms with E-state index in [0.717, 1.165) is 19.3 Å². The summed E-state index contributed by atoms with van der Waals surface area (Å²) in [7, 11) is -4.65. The summed E-state index contributed by atoms with van der Waals surface area (Å²) in [5.74, 6) is 0.667. The second-order valence-electron chi connectivity index (χ2n) is 3.58. The Morgan fingerprint density at radius 1 is 1.64 bits per heavy atom. The summed E-state index contributed by atoms with van der Waals surface area (Å²) >= 11 is 0. The Kier molecular flexibility index (Phi) is 2.10. The molecule has 0 fully saturated rings. The second-order valence-corrected chi connectivity index (χ2v) is 4.88. The molecule has 1 unspecified atom stereocenters. The number of imidazole rings is 1. The Bertz CT molecular complexity index is 452. The molecule has 0 aromatic carbocycles. The van der Waals surface area contributed by atoms with Crippen LogP contribution in [-0.2, 0) is 16.6 Å². The highest BCUT2D eigenvalue weighted by Crippen LogP contribution is 2.25. The molecule has 1 aliphatic heterocycles. The van der Waals surface area contributed by atoms with E-state index in [2.05, 4.69) is 4.98 Å². The zero-order valence-electron chi connectivity index (χ0n) is 7.77. The van der Waals surface area contributed by atoms with Crippen LogP contribution in [0.1, 0.15) is 31.6 Å². The average Bonchev–Trinajstić information content (AvgIpc) is 2.48. The highest BCUT2D eigenvalue weighted by molar-refractivity contribution is 7.86. The van der Waals surface area contributed by atoms with Crippen LogP contribution in [-0.4, -0.2) is 18.0 Å². The molecule has 4 nitrogen and oxygen atoms in total. The van der Waals surface area contributed by atoms with Crippen molar-refractivity contribution in [3.8, 4) is 0 Å². The van der Waals surface area contributed by atoms with Crippen molar-refractivity contribution in [2.45, 2.75) is 37.3 Å². The number of aryl methyl sites for hydroxylation is 1. The molecule has 1 aliphatic rings. The Morgan fingerprint density at radius 2 is 2.36 bits per heavy atom. The number of rotatable bonds is 1. The van der Waals surface area contributed by atoms with Crippen molar-refractivity contribution in [1.29, 1.82) is 0 Å². The lowest BCUT2D eigenvalue weighted by Crippen LogP contribution is -2.14. The van der Waals surface area contributed by atoms with Crippen LogP contribution in [0.15, 0.2) is 11.2 Å². The van der Waals surface area contributed by atoms with E-state index in [-0.39, 0.29) is 6.04 Å². The summed E-state index contributed by atoms with van der Waals surface area (Å²) in [4.78, 5) is 3.77. The summed E-state index contributed by atoms with van der Waals surface area (Å²) in [6.07, 6.45) is 3.97. The van der Waals surface area contributed by atoms with Crippen molar-refractivity contribution in [3.05, 3.63) is 12.0 Å². The maximum atomic E-state index is 12.6. The minimum atomic E-state index is -4.65. The lowest BCUT2D eigenvalue weighted by atomic mass is 10.1. The first-order chi connectivity index (χ1) is 6.48. The van der Waals surface area contributed by atoms with Crippen LogP contribution in [0.2, 0.25) is 0 Å². The van der Waals surface area contributed by atoms with E-state index in [1.165, 1.54) is 6.20 Å². The molecule has 2 heterocycles. The molecule has 0 saturated carbocycles. The first-order valence-electron chi connectivity index (χ1n) is 4.51. The minimum Gasteiger partial charge on any atom is -0.331 e. The zero-order valence-corrected chi connectivity index (χ0v) is 8.59. The van der Waals surface area contributed by atoms with Gasteiger partial charge < -0.3 is 4.57 Å². The van der Waals surface area contributed by atoms with E-state index in [1.54, 1.807) is 4.57 Å². The van der Waals surface area contributed by atoms with Gasteiger partial charge in [0.2, 0.25) is 5.03 Å². The fraction of sp³-hybridized carbons (Fsp3) is 0.625. The average molecular weight is 218 g/mol. The molecule has 1 atom stereocenters. The number of aromatic nitrogens is 2. The fourth-order valence-electron chi connectivity index (χ4n) is 1.79. The van der Waals surface area contributed by atoms with Gasteiger partial charge in [0.1, 0.15) is 5.82 Å². The molecule has 14 heavy (non-hydrogen) atoms. The highest BCUT2D eigenvalue weighted by atomic mass is 32.3. The normalized spacial score (nSPS) is 22.0. The Labute approximate surface area is 82.0 Å². The lowest BCUT2D eigenvalue weighted by Gasteiger charge is -2.20. The maximum Gasteiger partial charge on any atom is 0.351 e. The van der Waals surface area contributed by atoms with Crippen LogP contribution in [0.5, 0.6) is 0 Å². The van der Waals surface area contributed by atoms with Crippen molar-refractivity contribution in [1.82, 2.24) is 9.55 Å². The molecular formula is C8H11FN2O2S. The first-order valence-corrected chi connectivity index (χ1v) is 5.89. The van der Waals surface area contributed by atoms with Crippen molar-refractivity contribution < 1.29 is 12.3 Å². The van der Waals surface area contributed by atoms with Gasteiger partial charge in [0.15, 0.2) is 0 Å². The van der Waals surface area contributed by atoms with E-state index in [4.69, 9.17) is 0 Å². The third-order valence-corrected chi connectivity index (χ3v) is 3.23. The molecule has 0 radical (unpaired) electrons. The summed E-state index contributed by atoms with van der Waals surface area (Å²) in [6, 6.07) is 0.210. The SMILES string of the molecule is CC1CCCc2nc(S(=O)(=O)F)cn21. The molecule has 2 rings (SSSR count). The number of hydrogen-bond acceptors (Lipinski definition) is 3. The quantitative estimate of drug-likeness (QED) is 0.670. The van der Waals surface area contributed by atoms with E-state index in [0.29, 0.717) is 5.82 Å². The highest BCUT2D eigenvalue weighted by Gasteiger charge is 2.23. The van der Waals surface area contributed by atoms with Crippen molar-refractivity contribution >= 4 is 10.2 Å². The Hall–Kier alpha value is -0.910. The van der Waals surface area contributed by atoms with Crippen LogP contribution < -0.4 is 0 Å². The molecule has 0 spiro atoms. The molecular weight excluding hydrogens is 207 g/mol. The van der Waals surface area contributed by atoms with Gasteiger partial charge in [0.25, 0.3) is 0 Å². The van der Waals surface area contributed by atoms with Crippen LogP contribution in [0.4, 0.5) is 3.89 Å².